The molecule has 0 saturated carbocycles. The zero-order valence-corrected chi connectivity index (χ0v) is 12.8. The first-order valence-electron chi connectivity index (χ1n) is 6.68. The van der Waals surface area contributed by atoms with Crippen molar-refractivity contribution in [3.8, 4) is 0 Å². The number of rotatable bonds is 5. The van der Waals surface area contributed by atoms with Crippen LogP contribution in [0.15, 0.2) is 40.2 Å². The van der Waals surface area contributed by atoms with Gasteiger partial charge in [0.15, 0.2) is 0 Å². The summed E-state index contributed by atoms with van der Waals surface area (Å²) in [5.41, 5.74) is 5.54. The number of fused-ring (bicyclic) bond motifs is 1. The van der Waals surface area contributed by atoms with E-state index in [0.717, 1.165) is 0 Å². The molecule has 0 aliphatic heterocycles. The summed E-state index contributed by atoms with van der Waals surface area (Å²) < 4.78 is 27.3. The standard InChI is InChI=1S/C14H19N3O3S/c1-9(2)12(15)8-17-21(19,20)13-5-3-4-11-10(13)6-7-16-14(11)18/h3-7,9,12,17H,8,15H2,1-2H3,(H,16,18). The van der Waals surface area contributed by atoms with Crippen molar-refractivity contribution in [2.24, 2.45) is 11.7 Å². The molecule has 0 bridgehead atoms. The van der Waals surface area contributed by atoms with E-state index in [4.69, 9.17) is 5.73 Å². The van der Waals surface area contributed by atoms with Crippen LogP contribution in [-0.4, -0.2) is 26.0 Å². The molecule has 0 amide bonds. The number of sulfonamides is 1. The molecule has 0 fully saturated rings. The topological polar surface area (TPSA) is 105 Å². The van der Waals surface area contributed by atoms with Gasteiger partial charge in [-0.25, -0.2) is 13.1 Å². The average Bonchev–Trinajstić information content (AvgIpc) is 2.44. The molecule has 2 rings (SSSR count). The normalized spacial score (nSPS) is 13.7. The first-order chi connectivity index (χ1) is 9.83. The van der Waals surface area contributed by atoms with Crippen molar-refractivity contribution in [2.75, 3.05) is 6.54 Å². The van der Waals surface area contributed by atoms with Crippen LogP contribution in [0.2, 0.25) is 0 Å². The highest BCUT2D eigenvalue weighted by Gasteiger charge is 2.19. The number of pyridine rings is 1. The molecule has 0 aliphatic carbocycles. The van der Waals surface area contributed by atoms with Crippen molar-refractivity contribution in [1.82, 2.24) is 9.71 Å². The number of H-pyrrole nitrogens is 1. The lowest BCUT2D eigenvalue weighted by Crippen LogP contribution is -2.40. The fourth-order valence-corrected chi connectivity index (χ4v) is 3.24. The predicted molar refractivity (Wildman–Crippen MR) is 82.6 cm³/mol. The van der Waals surface area contributed by atoms with Crippen molar-refractivity contribution in [3.63, 3.8) is 0 Å². The van der Waals surface area contributed by atoms with E-state index in [2.05, 4.69) is 9.71 Å². The Morgan fingerprint density at radius 3 is 2.62 bits per heavy atom. The Hall–Kier alpha value is -1.70. The van der Waals surface area contributed by atoms with E-state index in [9.17, 15) is 13.2 Å². The summed E-state index contributed by atoms with van der Waals surface area (Å²) in [4.78, 5) is 14.3. The van der Waals surface area contributed by atoms with Gasteiger partial charge in [-0.3, -0.25) is 4.79 Å². The molecule has 7 heteroatoms. The quantitative estimate of drug-likeness (QED) is 0.759. The predicted octanol–water partition coefficient (Wildman–Crippen LogP) is 0.790. The SMILES string of the molecule is CC(C)C(N)CNS(=O)(=O)c1cccc2c(=O)[nH]ccc12. The minimum absolute atomic E-state index is 0.0852. The highest BCUT2D eigenvalue weighted by molar-refractivity contribution is 7.89. The molecule has 114 valence electrons. The molecule has 2 aromatic rings. The first-order valence-corrected chi connectivity index (χ1v) is 8.17. The third kappa shape index (κ3) is 3.31. The van der Waals surface area contributed by atoms with Gasteiger partial charge in [0.1, 0.15) is 0 Å². The largest absolute Gasteiger partial charge is 0.329 e. The maximum Gasteiger partial charge on any atom is 0.255 e. The Kier molecular flexibility index (Phi) is 4.46. The molecule has 0 aliphatic rings. The minimum atomic E-state index is -3.71. The van der Waals surface area contributed by atoms with Crippen LogP contribution in [0.4, 0.5) is 0 Å². The summed E-state index contributed by atoms with van der Waals surface area (Å²) >= 11 is 0. The Morgan fingerprint density at radius 2 is 1.95 bits per heavy atom. The average molecular weight is 309 g/mol. The van der Waals surface area contributed by atoms with Crippen molar-refractivity contribution in [2.45, 2.75) is 24.8 Å². The molecule has 0 radical (unpaired) electrons. The van der Waals surface area contributed by atoms with Gasteiger partial charge in [-0.2, -0.15) is 0 Å². The van der Waals surface area contributed by atoms with E-state index < -0.39 is 10.0 Å². The van der Waals surface area contributed by atoms with Crippen LogP contribution < -0.4 is 16.0 Å². The molecule has 0 spiro atoms. The third-order valence-electron chi connectivity index (χ3n) is 3.43. The molecule has 21 heavy (non-hydrogen) atoms. The molecule has 1 atom stereocenters. The van der Waals surface area contributed by atoms with E-state index >= 15 is 0 Å². The van der Waals surface area contributed by atoms with Gasteiger partial charge in [-0.1, -0.05) is 19.9 Å². The number of hydrogen-bond donors (Lipinski definition) is 3. The lowest BCUT2D eigenvalue weighted by Gasteiger charge is -2.16. The van der Waals surface area contributed by atoms with Crippen molar-refractivity contribution < 1.29 is 8.42 Å². The molecular formula is C14H19N3O3S. The highest BCUT2D eigenvalue weighted by atomic mass is 32.2. The second-order valence-corrected chi connectivity index (χ2v) is 7.02. The van der Waals surface area contributed by atoms with Gasteiger partial charge in [-0.05, 0) is 24.1 Å². The van der Waals surface area contributed by atoms with Crippen LogP contribution in [0.1, 0.15) is 13.8 Å². The number of benzene rings is 1. The fraction of sp³-hybridized carbons (Fsp3) is 0.357. The van der Waals surface area contributed by atoms with E-state index in [-0.39, 0.29) is 29.0 Å². The number of nitrogens with one attached hydrogen (secondary N) is 2. The van der Waals surface area contributed by atoms with Crippen molar-refractivity contribution in [3.05, 3.63) is 40.8 Å². The lowest BCUT2D eigenvalue weighted by molar-refractivity contribution is 0.481. The zero-order chi connectivity index (χ0) is 15.6. The van der Waals surface area contributed by atoms with Gasteiger partial charge in [-0.15, -0.1) is 0 Å². The monoisotopic (exact) mass is 309 g/mol. The van der Waals surface area contributed by atoms with Gasteiger partial charge >= 0.3 is 0 Å². The van der Waals surface area contributed by atoms with E-state index in [1.807, 2.05) is 13.8 Å². The summed E-state index contributed by atoms with van der Waals surface area (Å²) in [6, 6.07) is 5.93. The van der Waals surface area contributed by atoms with Gasteiger partial charge in [0.2, 0.25) is 10.0 Å². The van der Waals surface area contributed by atoms with Crippen LogP contribution >= 0.6 is 0 Å². The minimum Gasteiger partial charge on any atom is -0.329 e. The maximum absolute atomic E-state index is 12.4. The van der Waals surface area contributed by atoms with Crippen LogP contribution in [0.3, 0.4) is 0 Å². The number of aromatic amines is 1. The molecule has 1 unspecified atom stereocenters. The maximum atomic E-state index is 12.4. The molecule has 1 heterocycles. The van der Waals surface area contributed by atoms with E-state index in [1.165, 1.54) is 12.3 Å². The summed E-state index contributed by atoms with van der Waals surface area (Å²) in [6.07, 6.45) is 1.43. The number of aromatic nitrogens is 1. The fourth-order valence-electron chi connectivity index (χ4n) is 1.95. The Bertz CT molecular complexity index is 796. The number of hydrogen-bond acceptors (Lipinski definition) is 4. The second-order valence-electron chi connectivity index (χ2n) is 5.28. The number of nitrogens with two attached hydrogens (primary N) is 1. The summed E-state index contributed by atoms with van der Waals surface area (Å²) in [5.74, 6) is 0.170. The second kappa shape index (κ2) is 5.97. The summed E-state index contributed by atoms with van der Waals surface area (Å²) in [6.45, 7) is 4.01. The molecule has 4 N–H and O–H groups in total. The smallest absolute Gasteiger partial charge is 0.255 e. The zero-order valence-electron chi connectivity index (χ0n) is 12.0. The van der Waals surface area contributed by atoms with Gasteiger partial charge < -0.3 is 10.7 Å². The summed E-state index contributed by atoms with van der Waals surface area (Å²) in [5, 5.41) is 0.736. The van der Waals surface area contributed by atoms with E-state index in [1.54, 1.807) is 18.2 Å². The van der Waals surface area contributed by atoms with E-state index in [0.29, 0.717) is 10.8 Å². The molecular weight excluding hydrogens is 290 g/mol. The molecule has 1 aromatic heterocycles. The van der Waals surface area contributed by atoms with Gasteiger partial charge in [0.25, 0.3) is 5.56 Å². The van der Waals surface area contributed by atoms with Gasteiger partial charge in [0.05, 0.1) is 4.90 Å². The lowest BCUT2D eigenvalue weighted by atomic mass is 10.1. The third-order valence-corrected chi connectivity index (χ3v) is 4.91. The highest BCUT2D eigenvalue weighted by Crippen LogP contribution is 2.19. The Balaban J connectivity index is 2.42. The molecule has 6 nitrogen and oxygen atoms in total. The van der Waals surface area contributed by atoms with Crippen molar-refractivity contribution >= 4 is 20.8 Å². The van der Waals surface area contributed by atoms with Crippen LogP contribution in [0.25, 0.3) is 10.8 Å². The molecule has 0 saturated heterocycles. The molecule has 1 aromatic carbocycles. The first kappa shape index (κ1) is 15.7. The van der Waals surface area contributed by atoms with Gasteiger partial charge in [0, 0.05) is 29.6 Å². The van der Waals surface area contributed by atoms with Crippen LogP contribution in [0.5, 0.6) is 0 Å². The van der Waals surface area contributed by atoms with Crippen molar-refractivity contribution in [1.29, 1.82) is 0 Å². The summed E-state index contributed by atoms with van der Waals surface area (Å²) in [7, 11) is -3.71. The van der Waals surface area contributed by atoms with Crippen LogP contribution in [0, 0.1) is 5.92 Å². The Morgan fingerprint density at radius 1 is 1.24 bits per heavy atom. The Labute approximate surface area is 123 Å². The van der Waals surface area contributed by atoms with Crippen LogP contribution in [-0.2, 0) is 10.0 Å².